The average molecular weight is 256 g/mol. The lowest BCUT2D eigenvalue weighted by molar-refractivity contribution is 0.678. The van der Waals surface area contributed by atoms with Crippen LogP contribution in [0.3, 0.4) is 0 Å². The molecular weight excluding hydrogens is 236 g/mol. The Morgan fingerprint density at radius 1 is 1.41 bits per heavy atom. The van der Waals surface area contributed by atoms with Crippen LogP contribution in [0.25, 0.3) is 0 Å². The fourth-order valence-electron chi connectivity index (χ4n) is 1.47. The molecule has 0 aromatic carbocycles. The van der Waals surface area contributed by atoms with Gasteiger partial charge in [0.1, 0.15) is 18.0 Å². The van der Waals surface area contributed by atoms with E-state index in [0.29, 0.717) is 6.54 Å². The molecule has 0 amide bonds. The molecule has 2 N–H and O–H groups in total. The zero-order chi connectivity index (χ0) is 12.8. The first-order valence-electron chi connectivity index (χ1n) is 5.67. The van der Waals surface area contributed by atoms with Gasteiger partial charge < -0.3 is 10.6 Å². The maximum absolute atomic E-state index is 11.3. The van der Waals surface area contributed by atoms with Crippen LogP contribution in [0.1, 0.15) is 19.4 Å². The number of anilines is 2. The maximum atomic E-state index is 11.3. The summed E-state index contributed by atoms with van der Waals surface area (Å²) < 4.78 is 11.3. The Balaban J connectivity index is 2.80. The van der Waals surface area contributed by atoms with Crippen LogP contribution in [-0.4, -0.2) is 39.3 Å². The molecule has 1 heterocycles. The molecule has 96 valence electrons. The Hall–Kier alpha value is -1.17. The Morgan fingerprint density at radius 2 is 2.06 bits per heavy atom. The second-order valence-electron chi connectivity index (χ2n) is 3.84. The summed E-state index contributed by atoms with van der Waals surface area (Å²) in [5, 5.41) is 6.39. The Bertz CT molecular complexity index is 397. The lowest BCUT2D eigenvalue weighted by atomic mass is 10.2. The molecule has 5 nitrogen and oxygen atoms in total. The lowest BCUT2D eigenvalue weighted by Crippen LogP contribution is -2.22. The summed E-state index contributed by atoms with van der Waals surface area (Å²) in [5.41, 5.74) is 1.06. The van der Waals surface area contributed by atoms with E-state index in [-0.39, 0.29) is 5.25 Å². The molecule has 0 saturated carbocycles. The highest BCUT2D eigenvalue weighted by atomic mass is 32.2. The highest BCUT2D eigenvalue weighted by Gasteiger charge is 2.11. The van der Waals surface area contributed by atoms with E-state index in [9.17, 15) is 4.21 Å². The van der Waals surface area contributed by atoms with Crippen molar-refractivity contribution in [1.82, 2.24) is 9.97 Å². The van der Waals surface area contributed by atoms with Crippen molar-refractivity contribution in [2.24, 2.45) is 0 Å². The molecule has 0 fully saturated rings. The summed E-state index contributed by atoms with van der Waals surface area (Å²) >= 11 is 0. The summed E-state index contributed by atoms with van der Waals surface area (Å²) in [6.45, 7) is 4.66. The number of hydrogen-bond acceptors (Lipinski definition) is 5. The Labute approximate surface area is 105 Å². The lowest BCUT2D eigenvalue weighted by Gasteiger charge is -2.14. The molecule has 0 aliphatic heterocycles. The van der Waals surface area contributed by atoms with Gasteiger partial charge in [0, 0.05) is 41.5 Å². The first kappa shape index (κ1) is 13.9. The standard InChI is InChI=1S/C11H20N4OS/c1-5-9-10(12-3)14-7-15-11(9)13-6-8(2)17(4)16/h7-8H,5-6H2,1-4H3,(H2,12,13,14,15). The van der Waals surface area contributed by atoms with Crippen LogP contribution in [0.15, 0.2) is 6.33 Å². The molecule has 0 spiro atoms. The minimum absolute atomic E-state index is 0.104. The third kappa shape index (κ3) is 3.66. The van der Waals surface area contributed by atoms with Crippen molar-refractivity contribution >= 4 is 22.4 Å². The smallest absolute Gasteiger partial charge is 0.134 e. The van der Waals surface area contributed by atoms with Gasteiger partial charge in [-0.15, -0.1) is 0 Å². The van der Waals surface area contributed by atoms with Gasteiger partial charge in [-0.2, -0.15) is 0 Å². The molecule has 2 unspecified atom stereocenters. The largest absolute Gasteiger partial charge is 0.373 e. The van der Waals surface area contributed by atoms with E-state index >= 15 is 0 Å². The van der Waals surface area contributed by atoms with Crippen molar-refractivity contribution in [3.8, 4) is 0 Å². The molecule has 0 radical (unpaired) electrons. The van der Waals surface area contributed by atoms with Crippen LogP contribution in [0.2, 0.25) is 0 Å². The minimum Gasteiger partial charge on any atom is -0.373 e. The first-order valence-corrected chi connectivity index (χ1v) is 7.30. The molecule has 0 aliphatic rings. The second-order valence-corrected chi connectivity index (χ2v) is 5.65. The Kier molecular flexibility index (Phi) is 5.34. The van der Waals surface area contributed by atoms with Gasteiger partial charge in [-0.1, -0.05) is 6.92 Å². The van der Waals surface area contributed by atoms with Crippen molar-refractivity contribution < 1.29 is 4.21 Å². The van der Waals surface area contributed by atoms with Crippen LogP contribution in [0.5, 0.6) is 0 Å². The summed E-state index contributed by atoms with van der Waals surface area (Å²) in [6.07, 6.45) is 4.09. The summed E-state index contributed by atoms with van der Waals surface area (Å²) in [7, 11) is 1.02. The van der Waals surface area contributed by atoms with Gasteiger partial charge in [-0.3, -0.25) is 4.21 Å². The molecule has 1 rings (SSSR count). The van der Waals surface area contributed by atoms with E-state index < -0.39 is 10.8 Å². The predicted octanol–water partition coefficient (Wildman–Crippen LogP) is 1.26. The van der Waals surface area contributed by atoms with E-state index in [1.54, 1.807) is 6.26 Å². The molecule has 1 aromatic heterocycles. The average Bonchev–Trinajstić information content (AvgIpc) is 2.34. The highest BCUT2D eigenvalue weighted by Crippen LogP contribution is 2.19. The fourth-order valence-corrected chi connectivity index (χ4v) is 1.79. The van der Waals surface area contributed by atoms with Gasteiger partial charge in [0.15, 0.2) is 0 Å². The van der Waals surface area contributed by atoms with E-state index in [2.05, 4.69) is 27.5 Å². The van der Waals surface area contributed by atoms with Crippen LogP contribution in [0, 0.1) is 0 Å². The number of rotatable bonds is 6. The fraction of sp³-hybridized carbons (Fsp3) is 0.636. The predicted molar refractivity (Wildman–Crippen MR) is 73.0 cm³/mol. The maximum Gasteiger partial charge on any atom is 0.134 e. The summed E-state index contributed by atoms with van der Waals surface area (Å²) in [4.78, 5) is 8.40. The van der Waals surface area contributed by atoms with Gasteiger partial charge in [0.25, 0.3) is 0 Å². The Morgan fingerprint density at radius 3 is 2.59 bits per heavy atom. The number of hydrogen-bond donors (Lipinski definition) is 2. The zero-order valence-corrected chi connectivity index (χ0v) is 11.6. The highest BCUT2D eigenvalue weighted by molar-refractivity contribution is 7.84. The molecule has 0 aliphatic carbocycles. The number of nitrogens with zero attached hydrogens (tertiary/aromatic N) is 2. The van der Waals surface area contributed by atoms with E-state index in [0.717, 1.165) is 23.6 Å². The zero-order valence-electron chi connectivity index (χ0n) is 10.8. The molecule has 0 saturated heterocycles. The molecular formula is C11H20N4OS. The van der Waals surface area contributed by atoms with Crippen LogP contribution >= 0.6 is 0 Å². The first-order chi connectivity index (χ1) is 8.10. The molecule has 2 atom stereocenters. The third-order valence-corrected chi connectivity index (χ3v) is 3.96. The SMILES string of the molecule is CCc1c(NC)ncnc1NCC(C)S(C)=O. The third-order valence-electron chi connectivity index (χ3n) is 2.66. The van der Waals surface area contributed by atoms with Crippen LogP contribution in [0.4, 0.5) is 11.6 Å². The van der Waals surface area contributed by atoms with E-state index in [1.807, 2.05) is 14.0 Å². The number of nitrogens with one attached hydrogen (secondary N) is 2. The van der Waals surface area contributed by atoms with Crippen molar-refractivity contribution in [3.05, 3.63) is 11.9 Å². The van der Waals surface area contributed by atoms with Crippen molar-refractivity contribution in [1.29, 1.82) is 0 Å². The summed E-state index contributed by atoms with van der Waals surface area (Å²) in [6, 6.07) is 0. The minimum atomic E-state index is -0.821. The molecule has 1 aromatic rings. The monoisotopic (exact) mass is 256 g/mol. The van der Waals surface area contributed by atoms with Gasteiger partial charge in [0.2, 0.25) is 0 Å². The van der Waals surface area contributed by atoms with Crippen LogP contribution < -0.4 is 10.6 Å². The van der Waals surface area contributed by atoms with Gasteiger partial charge in [-0.25, -0.2) is 9.97 Å². The molecule has 0 bridgehead atoms. The van der Waals surface area contributed by atoms with Crippen molar-refractivity contribution in [2.75, 3.05) is 30.5 Å². The normalized spacial score (nSPS) is 14.1. The van der Waals surface area contributed by atoms with Crippen molar-refractivity contribution in [2.45, 2.75) is 25.5 Å². The second kappa shape index (κ2) is 6.54. The number of aromatic nitrogens is 2. The van der Waals surface area contributed by atoms with Crippen LogP contribution in [-0.2, 0) is 17.2 Å². The van der Waals surface area contributed by atoms with E-state index in [4.69, 9.17) is 0 Å². The molecule has 6 heteroatoms. The van der Waals surface area contributed by atoms with Gasteiger partial charge in [0.05, 0.1) is 0 Å². The van der Waals surface area contributed by atoms with Gasteiger partial charge >= 0.3 is 0 Å². The van der Waals surface area contributed by atoms with E-state index in [1.165, 1.54) is 6.33 Å². The topological polar surface area (TPSA) is 66.9 Å². The van der Waals surface area contributed by atoms with Crippen molar-refractivity contribution in [3.63, 3.8) is 0 Å². The summed E-state index contributed by atoms with van der Waals surface area (Å²) in [5.74, 6) is 1.67. The molecule has 17 heavy (non-hydrogen) atoms. The van der Waals surface area contributed by atoms with Gasteiger partial charge in [-0.05, 0) is 13.3 Å². The quantitative estimate of drug-likeness (QED) is 0.802.